The van der Waals surface area contributed by atoms with Crippen molar-refractivity contribution in [1.82, 2.24) is 10.6 Å². The highest BCUT2D eigenvalue weighted by molar-refractivity contribution is 7.79. The van der Waals surface area contributed by atoms with Crippen LogP contribution in [0.2, 0.25) is 0 Å². The average molecular weight is 384 g/mol. The van der Waals surface area contributed by atoms with Crippen LogP contribution in [-0.2, 0) is 10.4 Å². The zero-order chi connectivity index (χ0) is 20.5. The average Bonchev–Trinajstić information content (AvgIpc) is 2.40. The molecule has 25 heavy (non-hydrogen) atoms. The number of hydrogen-bond acceptors (Lipinski definition) is 4. The van der Waals surface area contributed by atoms with E-state index in [1.807, 2.05) is 13.8 Å². The quantitative estimate of drug-likeness (QED) is 0.141. The summed E-state index contributed by atoms with van der Waals surface area (Å²) in [5.74, 6) is -0.147. The molecule has 0 aliphatic carbocycles. The van der Waals surface area contributed by atoms with E-state index < -0.39 is 10.4 Å². The number of rotatable bonds is 4. The third-order valence-corrected chi connectivity index (χ3v) is 1.57. The second kappa shape index (κ2) is 16.2. The number of nitrogens with two attached hydrogens (primary N) is 4. The first-order chi connectivity index (χ1) is 11.3. The summed E-state index contributed by atoms with van der Waals surface area (Å²) in [6, 6.07) is 0. The fourth-order valence-electron chi connectivity index (χ4n) is 0.824. The van der Waals surface area contributed by atoms with Crippen molar-refractivity contribution in [2.45, 2.75) is 26.7 Å². The number of guanidine groups is 4. The molecule has 0 aromatic heterocycles. The third kappa shape index (κ3) is 44.9. The van der Waals surface area contributed by atoms with Crippen molar-refractivity contribution in [2.24, 2.45) is 32.9 Å². The Bertz CT molecular complexity index is 496. The largest absolute Gasteiger partial charge is 0.394 e. The molecule has 0 aromatic carbocycles. The van der Waals surface area contributed by atoms with E-state index >= 15 is 0 Å². The lowest BCUT2D eigenvalue weighted by Gasteiger charge is -1.99. The maximum atomic E-state index is 8.74. The van der Waals surface area contributed by atoms with Crippen molar-refractivity contribution in [3.63, 3.8) is 0 Å². The predicted molar refractivity (Wildman–Crippen MR) is 97.8 cm³/mol. The van der Waals surface area contributed by atoms with E-state index in [1.54, 1.807) is 0 Å². The summed E-state index contributed by atoms with van der Waals surface area (Å²) >= 11 is 0. The lowest BCUT2D eigenvalue weighted by atomic mass is 10.5. The van der Waals surface area contributed by atoms with Gasteiger partial charge in [0, 0.05) is 13.1 Å². The Morgan fingerprint density at radius 2 is 1.12 bits per heavy atom. The number of aliphatic imine (C=N–C) groups is 2. The molecular formula is C10H28N10O4S. The molecule has 148 valence electrons. The van der Waals surface area contributed by atoms with Crippen molar-refractivity contribution in [3.05, 3.63) is 0 Å². The summed E-state index contributed by atoms with van der Waals surface area (Å²) in [7, 11) is -4.67. The molecule has 14 nitrogen and oxygen atoms in total. The highest BCUT2D eigenvalue weighted by Gasteiger charge is 1.90. The summed E-state index contributed by atoms with van der Waals surface area (Å²) < 4.78 is 31.6. The Balaban J connectivity index is -0.000000308. The zero-order valence-corrected chi connectivity index (χ0v) is 15.0. The summed E-state index contributed by atoms with van der Waals surface area (Å²) in [5.41, 5.74) is 20.0. The van der Waals surface area contributed by atoms with Crippen molar-refractivity contribution in [1.29, 1.82) is 10.8 Å². The molecule has 0 aromatic rings. The molecular weight excluding hydrogens is 356 g/mol. The van der Waals surface area contributed by atoms with Crippen molar-refractivity contribution < 1.29 is 17.5 Å². The molecule has 0 spiro atoms. The van der Waals surface area contributed by atoms with Gasteiger partial charge in [-0.15, -0.1) is 0 Å². The van der Waals surface area contributed by atoms with Gasteiger partial charge in [0.05, 0.1) is 0 Å². The third-order valence-electron chi connectivity index (χ3n) is 1.57. The fourth-order valence-corrected chi connectivity index (χ4v) is 0.824. The van der Waals surface area contributed by atoms with Crippen LogP contribution in [0.15, 0.2) is 9.98 Å². The molecule has 0 aliphatic rings. The normalized spacial score (nSPS) is 9.12. The van der Waals surface area contributed by atoms with E-state index in [-0.39, 0.29) is 23.8 Å². The van der Waals surface area contributed by atoms with Crippen LogP contribution in [0.1, 0.15) is 26.7 Å². The Hall–Kier alpha value is -2.65. The molecule has 0 aliphatic heterocycles. The van der Waals surface area contributed by atoms with Gasteiger partial charge in [0.25, 0.3) is 0 Å². The van der Waals surface area contributed by atoms with Gasteiger partial charge < -0.3 is 33.6 Å². The maximum absolute atomic E-state index is 8.74. The maximum Gasteiger partial charge on any atom is 0.394 e. The Morgan fingerprint density at radius 3 is 1.28 bits per heavy atom. The van der Waals surface area contributed by atoms with Gasteiger partial charge >= 0.3 is 10.4 Å². The van der Waals surface area contributed by atoms with Crippen LogP contribution >= 0.6 is 0 Å². The van der Waals surface area contributed by atoms with Crippen LogP contribution in [0.3, 0.4) is 0 Å². The van der Waals surface area contributed by atoms with Gasteiger partial charge in [-0.05, 0) is 12.8 Å². The molecule has 0 saturated heterocycles. The smallest absolute Gasteiger partial charge is 0.370 e. The monoisotopic (exact) mass is 384 g/mol. The first kappa shape index (κ1) is 27.2. The van der Waals surface area contributed by atoms with Crippen molar-refractivity contribution >= 4 is 34.2 Å². The summed E-state index contributed by atoms with van der Waals surface area (Å²) in [6.07, 6.45) is 1.89. The van der Waals surface area contributed by atoms with E-state index in [0.29, 0.717) is 0 Å². The van der Waals surface area contributed by atoms with Gasteiger partial charge in [-0.3, -0.25) is 19.9 Å². The Labute approximate surface area is 146 Å². The zero-order valence-electron chi connectivity index (χ0n) is 14.2. The van der Waals surface area contributed by atoms with Crippen molar-refractivity contribution in [2.75, 3.05) is 13.1 Å². The van der Waals surface area contributed by atoms with E-state index in [1.165, 1.54) is 0 Å². The van der Waals surface area contributed by atoms with E-state index in [0.717, 1.165) is 25.9 Å². The minimum absolute atomic E-state index is 0.0156. The highest BCUT2D eigenvalue weighted by atomic mass is 32.3. The number of nitrogens with one attached hydrogen (secondary N) is 4. The molecule has 0 bridgehead atoms. The standard InChI is InChI=1S/2C5H13N5.H2O4S/c2*1-2-3-9-5(8)10-4(6)7;1-5(2,3)4/h2*2-3H2,1H3,(H6,6,7,8,9,10);(H2,1,2,3,4). The van der Waals surface area contributed by atoms with Crippen LogP contribution in [-0.4, -0.2) is 54.5 Å². The molecule has 0 fully saturated rings. The molecule has 14 N–H and O–H groups in total. The topological polar surface area (TPSA) is 275 Å². The van der Waals surface area contributed by atoms with Gasteiger partial charge in [-0.25, -0.2) is 0 Å². The molecule has 0 saturated carbocycles. The van der Waals surface area contributed by atoms with Gasteiger partial charge in [0.15, 0.2) is 11.9 Å². The molecule has 0 atom stereocenters. The summed E-state index contributed by atoms with van der Waals surface area (Å²) in [5, 5.41) is 19.5. The fraction of sp³-hybridized carbons (Fsp3) is 0.600. The van der Waals surface area contributed by atoms with Gasteiger partial charge in [-0.2, -0.15) is 18.4 Å². The second-order valence-corrected chi connectivity index (χ2v) is 4.97. The van der Waals surface area contributed by atoms with Gasteiger partial charge in [0.1, 0.15) is 0 Å². The minimum atomic E-state index is -4.67. The van der Waals surface area contributed by atoms with Gasteiger partial charge in [0.2, 0.25) is 11.9 Å². The van der Waals surface area contributed by atoms with E-state index in [4.69, 9.17) is 51.3 Å². The summed E-state index contributed by atoms with van der Waals surface area (Å²) in [6.45, 7) is 5.43. The van der Waals surface area contributed by atoms with Crippen LogP contribution < -0.4 is 33.6 Å². The second-order valence-electron chi connectivity index (χ2n) is 4.07. The van der Waals surface area contributed by atoms with Crippen LogP contribution in [0, 0.1) is 10.8 Å². The molecule has 0 radical (unpaired) electrons. The first-order valence-corrected chi connectivity index (χ1v) is 8.27. The van der Waals surface area contributed by atoms with Crippen molar-refractivity contribution in [3.8, 4) is 0 Å². The lowest BCUT2D eigenvalue weighted by molar-refractivity contribution is 0.381. The Morgan fingerprint density at radius 1 is 0.880 bits per heavy atom. The van der Waals surface area contributed by atoms with E-state index in [9.17, 15) is 0 Å². The SMILES string of the molecule is CCCNC(=N)N=C(N)N.CCCNC(=N)N=C(N)N.O=S(=O)(O)O. The van der Waals surface area contributed by atoms with Crippen LogP contribution in [0.5, 0.6) is 0 Å². The minimum Gasteiger partial charge on any atom is -0.370 e. The van der Waals surface area contributed by atoms with Crippen LogP contribution in [0.4, 0.5) is 0 Å². The van der Waals surface area contributed by atoms with E-state index in [2.05, 4.69) is 20.6 Å². The number of hydrogen-bond donors (Lipinski definition) is 10. The number of nitrogens with zero attached hydrogens (tertiary/aromatic N) is 2. The van der Waals surface area contributed by atoms with Gasteiger partial charge in [-0.1, -0.05) is 13.8 Å². The molecule has 0 amide bonds. The first-order valence-electron chi connectivity index (χ1n) is 6.87. The Kier molecular flexibility index (Phi) is 17.6. The molecule has 0 unspecified atom stereocenters. The van der Waals surface area contributed by atoms with Crippen LogP contribution in [0.25, 0.3) is 0 Å². The summed E-state index contributed by atoms with van der Waals surface area (Å²) in [4.78, 5) is 6.92. The molecule has 0 heterocycles. The lowest BCUT2D eigenvalue weighted by Crippen LogP contribution is -2.29. The highest BCUT2D eigenvalue weighted by Crippen LogP contribution is 1.73. The molecule has 15 heteroatoms. The molecule has 0 rings (SSSR count). The predicted octanol–water partition coefficient (Wildman–Crippen LogP) is -2.26.